The molecular weight excluding hydrogens is 408 g/mol. The van der Waals surface area contributed by atoms with Crippen LogP contribution in [0.1, 0.15) is 18.2 Å². The molecule has 0 bridgehead atoms. The molecule has 2 heterocycles. The Hall–Kier alpha value is -1.96. The molecule has 1 aliphatic heterocycles. The summed E-state index contributed by atoms with van der Waals surface area (Å²) >= 11 is 5.20. The summed E-state index contributed by atoms with van der Waals surface area (Å²) in [7, 11) is 1.66. The molecule has 0 unspecified atom stereocenters. The lowest BCUT2D eigenvalue weighted by Gasteiger charge is -2.13. The van der Waals surface area contributed by atoms with Gasteiger partial charge in [-0.3, -0.25) is 0 Å². The number of benzene rings is 2. The second-order valence-electron chi connectivity index (χ2n) is 6.03. The van der Waals surface area contributed by atoms with Gasteiger partial charge in [0.15, 0.2) is 11.5 Å². The zero-order valence-electron chi connectivity index (χ0n) is 15.7. The van der Waals surface area contributed by atoms with Gasteiger partial charge in [0.2, 0.25) is 0 Å². The summed E-state index contributed by atoms with van der Waals surface area (Å²) in [5.41, 5.74) is 4.50. The molecule has 28 heavy (non-hydrogen) atoms. The van der Waals surface area contributed by atoms with E-state index in [2.05, 4.69) is 23.6 Å². The zero-order chi connectivity index (χ0) is 19.3. The van der Waals surface area contributed by atoms with Crippen molar-refractivity contribution in [2.75, 3.05) is 13.7 Å². The molecule has 0 fully saturated rings. The fourth-order valence-electron chi connectivity index (χ4n) is 2.80. The largest absolute Gasteiger partial charge is 0.493 e. The number of hydrogen-bond acceptors (Lipinski definition) is 7. The van der Waals surface area contributed by atoms with E-state index in [1.165, 1.54) is 5.56 Å². The molecule has 7 heteroatoms. The molecule has 3 aromatic rings. The lowest BCUT2D eigenvalue weighted by atomic mass is 10.2. The number of methoxy groups -OCH3 is 1. The van der Waals surface area contributed by atoms with E-state index in [0.29, 0.717) is 6.61 Å². The summed E-state index contributed by atoms with van der Waals surface area (Å²) in [6.07, 6.45) is 0. The highest BCUT2D eigenvalue weighted by Crippen LogP contribution is 2.37. The number of nitrogens with zero attached hydrogens (tertiary/aromatic N) is 2. The molecule has 4 nitrogen and oxygen atoms in total. The van der Waals surface area contributed by atoms with Crippen LogP contribution in [-0.4, -0.2) is 23.1 Å². The standard InChI is InChI=1S/C21H20N2O2S3/c1-3-25-18-9-8-14(10-19(18)24-2)20-22-16(12-26-20)13-28-21-23-17-7-5-4-6-15(17)11-27-21/h4-10,12H,3,11,13H2,1-2H3. The van der Waals surface area contributed by atoms with Crippen LogP contribution in [0.25, 0.3) is 10.6 Å². The Kier molecular flexibility index (Phi) is 6.24. The minimum absolute atomic E-state index is 0.612. The van der Waals surface area contributed by atoms with Crippen molar-refractivity contribution in [2.24, 2.45) is 4.99 Å². The van der Waals surface area contributed by atoms with Crippen molar-refractivity contribution in [1.29, 1.82) is 0 Å². The number of fused-ring (bicyclic) bond motifs is 1. The minimum Gasteiger partial charge on any atom is -0.493 e. The number of aliphatic imine (C=N–C) groups is 1. The molecule has 0 N–H and O–H groups in total. The highest BCUT2D eigenvalue weighted by atomic mass is 32.2. The van der Waals surface area contributed by atoms with Gasteiger partial charge in [-0.05, 0) is 36.8 Å². The van der Waals surface area contributed by atoms with Crippen molar-refractivity contribution in [1.82, 2.24) is 4.98 Å². The van der Waals surface area contributed by atoms with Crippen LogP contribution in [0.4, 0.5) is 5.69 Å². The maximum Gasteiger partial charge on any atom is 0.161 e. The third-order valence-corrected chi connectivity index (χ3v) is 7.38. The molecule has 144 valence electrons. The quantitative estimate of drug-likeness (QED) is 0.455. The average molecular weight is 429 g/mol. The van der Waals surface area contributed by atoms with Gasteiger partial charge in [0.1, 0.15) is 9.38 Å². The molecule has 0 saturated heterocycles. The Bertz CT molecular complexity index is 1000. The van der Waals surface area contributed by atoms with E-state index in [1.54, 1.807) is 42.0 Å². The third kappa shape index (κ3) is 4.37. The highest BCUT2D eigenvalue weighted by Gasteiger charge is 2.14. The molecule has 0 saturated carbocycles. The Morgan fingerprint density at radius 3 is 2.89 bits per heavy atom. The molecule has 4 rings (SSSR count). The van der Waals surface area contributed by atoms with Crippen LogP contribution in [0.15, 0.2) is 52.8 Å². The van der Waals surface area contributed by atoms with Crippen molar-refractivity contribution in [3.05, 3.63) is 59.1 Å². The van der Waals surface area contributed by atoms with Gasteiger partial charge in [-0.15, -0.1) is 11.3 Å². The SMILES string of the molecule is CCOc1ccc(-c2nc(CSC3=Nc4ccccc4CS3)cs2)cc1OC. The number of hydrogen-bond donors (Lipinski definition) is 0. The lowest BCUT2D eigenvalue weighted by molar-refractivity contribution is 0.311. The first-order valence-corrected chi connectivity index (χ1v) is 11.8. The van der Waals surface area contributed by atoms with Crippen molar-refractivity contribution in [3.8, 4) is 22.1 Å². The summed E-state index contributed by atoms with van der Waals surface area (Å²) in [6, 6.07) is 14.3. The molecule has 0 atom stereocenters. The van der Waals surface area contributed by atoms with E-state index in [0.717, 1.165) is 49.3 Å². The summed E-state index contributed by atoms with van der Waals surface area (Å²) in [4.78, 5) is 9.56. The predicted molar refractivity (Wildman–Crippen MR) is 121 cm³/mol. The van der Waals surface area contributed by atoms with Crippen LogP contribution >= 0.6 is 34.9 Å². The Morgan fingerprint density at radius 1 is 1.14 bits per heavy atom. The van der Waals surface area contributed by atoms with Crippen LogP contribution in [-0.2, 0) is 11.5 Å². The smallest absolute Gasteiger partial charge is 0.161 e. The summed E-state index contributed by atoms with van der Waals surface area (Å²) in [6.45, 7) is 2.58. The van der Waals surface area contributed by atoms with E-state index in [4.69, 9.17) is 19.5 Å². The fourth-order valence-corrected chi connectivity index (χ4v) is 5.68. The topological polar surface area (TPSA) is 43.7 Å². The van der Waals surface area contributed by atoms with Crippen LogP contribution in [0.5, 0.6) is 11.5 Å². The highest BCUT2D eigenvalue weighted by molar-refractivity contribution is 8.38. The monoisotopic (exact) mass is 428 g/mol. The van der Waals surface area contributed by atoms with Gasteiger partial charge in [-0.1, -0.05) is 41.7 Å². The first-order chi connectivity index (χ1) is 13.8. The summed E-state index contributed by atoms with van der Waals surface area (Å²) in [5.74, 6) is 3.29. The number of para-hydroxylation sites is 1. The molecule has 0 spiro atoms. The van der Waals surface area contributed by atoms with Gasteiger partial charge in [0.25, 0.3) is 0 Å². The van der Waals surface area contributed by atoms with E-state index in [9.17, 15) is 0 Å². The molecule has 0 amide bonds. The van der Waals surface area contributed by atoms with Gasteiger partial charge in [0.05, 0.1) is 25.1 Å². The van der Waals surface area contributed by atoms with Gasteiger partial charge >= 0.3 is 0 Å². The summed E-state index contributed by atoms with van der Waals surface area (Å²) < 4.78 is 12.2. The van der Waals surface area contributed by atoms with Gasteiger partial charge in [-0.2, -0.15) is 0 Å². The Labute approximate surface area is 177 Å². The van der Waals surface area contributed by atoms with E-state index in [-0.39, 0.29) is 0 Å². The number of thiazole rings is 1. The number of ether oxygens (including phenoxy) is 2. The predicted octanol–water partition coefficient (Wildman–Crippen LogP) is 6.39. The van der Waals surface area contributed by atoms with Crippen LogP contribution in [0, 0.1) is 0 Å². The minimum atomic E-state index is 0.612. The first-order valence-electron chi connectivity index (χ1n) is 8.94. The second-order valence-corrected chi connectivity index (χ2v) is 9.07. The van der Waals surface area contributed by atoms with Gasteiger partial charge in [0, 0.05) is 22.4 Å². The van der Waals surface area contributed by atoms with Crippen LogP contribution < -0.4 is 9.47 Å². The van der Waals surface area contributed by atoms with Gasteiger partial charge in [-0.25, -0.2) is 9.98 Å². The number of thioether (sulfide) groups is 2. The Morgan fingerprint density at radius 2 is 2.04 bits per heavy atom. The number of rotatable bonds is 6. The normalized spacial score (nSPS) is 13.0. The third-order valence-electron chi connectivity index (χ3n) is 4.16. The maximum absolute atomic E-state index is 5.59. The van der Waals surface area contributed by atoms with E-state index < -0.39 is 0 Å². The maximum atomic E-state index is 5.59. The number of aromatic nitrogens is 1. The molecule has 1 aromatic heterocycles. The van der Waals surface area contributed by atoms with Crippen molar-refractivity contribution >= 4 is 44.9 Å². The van der Waals surface area contributed by atoms with Gasteiger partial charge < -0.3 is 9.47 Å². The second kappa shape index (κ2) is 9.03. The van der Waals surface area contributed by atoms with E-state index in [1.807, 2.05) is 31.2 Å². The first kappa shape index (κ1) is 19.4. The van der Waals surface area contributed by atoms with Crippen LogP contribution in [0.3, 0.4) is 0 Å². The molecule has 0 aliphatic carbocycles. The molecule has 0 radical (unpaired) electrons. The fraction of sp³-hybridized carbons (Fsp3) is 0.238. The summed E-state index contributed by atoms with van der Waals surface area (Å²) in [5, 5.41) is 3.10. The molecular formula is C21H20N2O2S3. The van der Waals surface area contributed by atoms with Crippen LogP contribution in [0.2, 0.25) is 0 Å². The zero-order valence-corrected chi connectivity index (χ0v) is 18.1. The van der Waals surface area contributed by atoms with Crippen molar-refractivity contribution in [2.45, 2.75) is 18.4 Å². The van der Waals surface area contributed by atoms with E-state index >= 15 is 0 Å². The van der Waals surface area contributed by atoms with Crippen molar-refractivity contribution < 1.29 is 9.47 Å². The Balaban J connectivity index is 1.45. The molecule has 2 aromatic carbocycles. The lowest BCUT2D eigenvalue weighted by Crippen LogP contribution is -1.96. The average Bonchev–Trinajstić information content (AvgIpc) is 3.21. The van der Waals surface area contributed by atoms with Crippen molar-refractivity contribution in [3.63, 3.8) is 0 Å². The molecule has 1 aliphatic rings.